The number of carbonyl (C=O) groups is 1. The molecule has 0 aliphatic carbocycles. The molecule has 2 aromatic rings. The van der Waals surface area contributed by atoms with E-state index in [0.29, 0.717) is 25.4 Å². The lowest BCUT2D eigenvalue weighted by atomic mass is 9.92. The third-order valence-corrected chi connectivity index (χ3v) is 4.49. The zero-order valence-electron chi connectivity index (χ0n) is 15.6. The second-order valence-corrected chi connectivity index (χ2v) is 7.92. The zero-order chi connectivity index (χ0) is 18.7. The van der Waals surface area contributed by atoms with Crippen molar-refractivity contribution < 1.29 is 14.4 Å². The van der Waals surface area contributed by atoms with Crippen molar-refractivity contribution in [3.8, 4) is 0 Å². The van der Waals surface area contributed by atoms with E-state index in [0.717, 1.165) is 30.8 Å². The fourth-order valence-corrected chi connectivity index (χ4v) is 2.99. The SMILES string of the molecule is CC(C)(C)c1cc(CNC(=O)c2cc(CN3CCC[C@H](O)C3)on2)[nH]n1. The predicted octanol–water partition coefficient (Wildman–Crippen LogP) is 1.58. The summed E-state index contributed by atoms with van der Waals surface area (Å²) < 4.78 is 5.27. The Hall–Kier alpha value is -2.19. The molecule has 1 aliphatic heterocycles. The summed E-state index contributed by atoms with van der Waals surface area (Å²) in [5.74, 6) is 0.339. The maximum atomic E-state index is 12.3. The third kappa shape index (κ3) is 4.70. The number of aromatic amines is 1. The van der Waals surface area contributed by atoms with Crippen LogP contribution in [0.15, 0.2) is 16.7 Å². The average molecular weight is 361 g/mol. The molecule has 1 saturated heterocycles. The van der Waals surface area contributed by atoms with E-state index in [2.05, 4.69) is 46.3 Å². The van der Waals surface area contributed by atoms with Crippen LogP contribution in [0.3, 0.4) is 0 Å². The van der Waals surface area contributed by atoms with Crippen LogP contribution in [0.4, 0.5) is 0 Å². The molecule has 142 valence electrons. The molecule has 0 bridgehead atoms. The predicted molar refractivity (Wildman–Crippen MR) is 95.5 cm³/mol. The molecule has 1 amide bonds. The van der Waals surface area contributed by atoms with Crippen molar-refractivity contribution in [1.29, 1.82) is 0 Å². The minimum absolute atomic E-state index is 0.0399. The summed E-state index contributed by atoms with van der Waals surface area (Å²) >= 11 is 0. The molecule has 3 heterocycles. The van der Waals surface area contributed by atoms with E-state index < -0.39 is 0 Å². The van der Waals surface area contributed by atoms with Crippen LogP contribution < -0.4 is 5.32 Å². The number of hydrogen-bond donors (Lipinski definition) is 3. The molecule has 0 aromatic carbocycles. The van der Waals surface area contributed by atoms with Crippen LogP contribution in [-0.2, 0) is 18.5 Å². The number of rotatable bonds is 5. The summed E-state index contributed by atoms with van der Waals surface area (Å²) in [4.78, 5) is 14.4. The van der Waals surface area contributed by atoms with Crippen molar-refractivity contribution in [1.82, 2.24) is 25.6 Å². The number of nitrogens with one attached hydrogen (secondary N) is 2. The lowest BCUT2D eigenvalue weighted by Crippen LogP contribution is -2.37. The summed E-state index contributed by atoms with van der Waals surface area (Å²) in [6.07, 6.45) is 1.51. The second-order valence-electron chi connectivity index (χ2n) is 7.92. The van der Waals surface area contributed by atoms with Gasteiger partial charge in [0.1, 0.15) is 0 Å². The minimum Gasteiger partial charge on any atom is -0.392 e. The molecule has 26 heavy (non-hydrogen) atoms. The van der Waals surface area contributed by atoms with Crippen molar-refractivity contribution in [2.75, 3.05) is 13.1 Å². The fourth-order valence-electron chi connectivity index (χ4n) is 2.99. The second kappa shape index (κ2) is 7.59. The normalized spacial score (nSPS) is 18.8. The summed E-state index contributed by atoms with van der Waals surface area (Å²) in [7, 11) is 0. The van der Waals surface area contributed by atoms with Crippen molar-refractivity contribution in [2.45, 2.75) is 58.2 Å². The first-order chi connectivity index (χ1) is 12.3. The summed E-state index contributed by atoms with van der Waals surface area (Å²) in [5, 5.41) is 23.6. The average Bonchev–Trinajstić information content (AvgIpc) is 3.21. The highest BCUT2D eigenvalue weighted by Crippen LogP contribution is 2.20. The van der Waals surface area contributed by atoms with Gasteiger partial charge in [0.25, 0.3) is 5.91 Å². The zero-order valence-corrected chi connectivity index (χ0v) is 15.6. The van der Waals surface area contributed by atoms with Gasteiger partial charge in [0.15, 0.2) is 11.5 Å². The van der Waals surface area contributed by atoms with Gasteiger partial charge in [-0.25, -0.2) is 0 Å². The summed E-state index contributed by atoms with van der Waals surface area (Å²) in [6.45, 7) is 8.69. The number of likely N-dealkylation sites (tertiary alicyclic amines) is 1. The number of hydrogen-bond acceptors (Lipinski definition) is 6. The molecular weight excluding hydrogens is 334 g/mol. The number of piperidine rings is 1. The fraction of sp³-hybridized carbons (Fsp3) is 0.611. The molecule has 3 N–H and O–H groups in total. The lowest BCUT2D eigenvalue weighted by molar-refractivity contribution is 0.0622. The topological polar surface area (TPSA) is 107 Å². The number of H-pyrrole nitrogens is 1. The Labute approximate surface area is 152 Å². The van der Waals surface area contributed by atoms with E-state index in [1.54, 1.807) is 6.07 Å². The van der Waals surface area contributed by atoms with E-state index in [9.17, 15) is 9.90 Å². The Morgan fingerprint density at radius 2 is 2.27 bits per heavy atom. The van der Waals surface area contributed by atoms with Crippen LogP contribution in [0.25, 0.3) is 0 Å². The first kappa shape index (κ1) is 18.6. The molecule has 0 saturated carbocycles. The summed E-state index contributed by atoms with van der Waals surface area (Å²) in [5.41, 5.74) is 2.01. The Morgan fingerprint density at radius 1 is 1.46 bits per heavy atom. The molecule has 0 radical (unpaired) electrons. The molecular formula is C18H27N5O3. The van der Waals surface area contributed by atoms with Crippen LogP contribution in [0, 0.1) is 0 Å². The van der Waals surface area contributed by atoms with Crippen LogP contribution >= 0.6 is 0 Å². The van der Waals surface area contributed by atoms with Gasteiger partial charge in [0, 0.05) is 18.0 Å². The highest BCUT2D eigenvalue weighted by molar-refractivity contribution is 5.92. The monoisotopic (exact) mass is 361 g/mol. The highest BCUT2D eigenvalue weighted by Gasteiger charge is 2.21. The first-order valence-electron chi connectivity index (χ1n) is 9.00. The van der Waals surface area contributed by atoms with E-state index in [1.165, 1.54) is 0 Å². The molecule has 3 rings (SSSR count). The van der Waals surface area contributed by atoms with Gasteiger partial charge in [-0.05, 0) is 25.5 Å². The number of aliphatic hydroxyl groups is 1. The standard InChI is InChI=1S/C18H27N5O3/c1-18(2,3)16-7-12(20-21-16)9-19-17(25)15-8-14(26-22-15)11-23-6-4-5-13(24)10-23/h7-8,13,24H,4-6,9-11H2,1-3H3,(H,19,25)(H,20,21)/t13-/m0/s1. The molecule has 0 unspecified atom stereocenters. The van der Waals surface area contributed by atoms with E-state index in [4.69, 9.17) is 4.52 Å². The third-order valence-electron chi connectivity index (χ3n) is 4.49. The van der Waals surface area contributed by atoms with Gasteiger partial charge in [-0.2, -0.15) is 5.10 Å². The Kier molecular flexibility index (Phi) is 5.43. The van der Waals surface area contributed by atoms with E-state index in [1.807, 2.05) is 6.07 Å². The molecule has 0 spiro atoms. The summed E-state index contributed by atoms with van der Waals surface area (Å²) in [6, 6.07) is 3.61. The minimum atomic E-state index is -0.290. The van der Waals surface area contributed by atoms with Crippen LogP contribution in [0.5, 0.6) is 0 Å². The lowest BCUT2D eigenvalue weighted by Gasteiger charge is -2.28. The maximum absolute atomic E-state index is 12.3. The Balaban J connectivity index is 1.52. The highest BCUT2D eigenvalue weighted by atomic mass is 16.5. The molecule has 8 nitrogen and oxygen atoms in total. The number of aromatic nitrogens is 3. The largest absolute Gasteiger partial charge is 0.392 e. The van der Waals surface area contributed by atoms with Crippen LogP contribution in [-0.4, -0.2) is 50.5 Å². The number of aliphatic hydroxyl groups excluding tert-OH is 1. The molecule has 8 heteroatoms. The van der Waals surface area contributed by atoms with Crippen LogP contribution in [0.1, 0.15) is 61.2 Å². The van der Waals surface area contributed by atoms with Gasteiger partial charge < -0.3 is 14.9 Å². The van der Waals surface area contributed by atoms with Crippen molar-refractivity contribution in [3.63, 3.8) is 0 Å². The number of β-amino-alcohol motifs (C(OH)–C–C–N with tert-alkyl or cyclic N) is 1. The number of amides is 1. The van der Waals surface area contributed by atoms with Crippen LogP contribution in [0.2, 0.25) is 0 Å². The van der Waals surface area contributed by atoms with Gasteiger partial charge in [-0.1, -0.05) is 25.9 Å². The van der Waals surface area contributed by atoms with E-state index in [-0.39, 0.29) is 23.1 Å². The molecule has 1 fully saturated rings. The Bertz CT molecular complexity index is 746. The maximum Gasteiger partial charge on any atom is 0.273 e. The first-order valence-corrected chi connectivity index (χ1v) is 9.00. The Morgan fingerprint density at radius 3 is 2.96 bits per heavy atom. The molecule has 2 aromatic heterocycles. The molecule has 1 aliphatic rings. The quantitative estimate of drug-likeness (QED) is 0.746. The number of carbonyl (C=O) groups excluding carboxylic acids is 1. The van der Waals surface area contributed by atoms with Gasteiger partial charge >= 0.3 is 0 Å². The van der Waals surface area contributed by atoms with Gasteiger partial charge in [-0.15, -0.1) is 0 Å². The van der Waals surface area contributed by atoms with E-state index >= 15 is 0 Å². The van der Waals surface area contributed by atoms with Crippen molar-refractivity contribution >= 4 is 5.91 Å². The van der Waals surface area contributed by atoms with Crippen molar-refractivity contribution in [2.24, 2.45) is 0 Å². The number of nitrogens with zero attached hydrogens (tertiary/aromatic N) is 3. The smallest absolute Gasteiger partial charge is 0.273 e. The van der Waals surface area contributed by atoms with Gasteiger partial charge in [0.2, 0.25) is 0 Å². The van der Waals surface area contributed by atoms with Gasteiger partial charge in [-0.3, -0.25) is 14.8 Å². The van der Waals surface area contributed by atoms with Crippen molar-refractivity contribution in [3.05, 3.63) is 35.0 Å². The van der Waals surface area contributed by atoms with Gasteiger partial charge in [0.05, 0.1) is 30.6 Å². The molecule has 1 atom stereocenters.